The molecule has 2 aromatic carbocycles. The van der Waals surface area contributed by atoms with Crippen LogP contribution in [0.25, 0.3) is 11.3 Å². The summed E-state index contributed by atoms with van der Waals surface area (Å²) in [5.74, 6) is -0.964. The summed E-state index contributed by atoms with van der Waals surface area (Å²) in [5, 5.41) is 3.22. The summed E-state index contributed by atoms with van der Waals surface area (Å²) in [4.78, 5) is 32.8. The third-order valence-corrected chi connectivity index (χ3v) is 7.32. The Bertz CT molecular complexity index is 1360. The second-order valence-corrected chi connectivity index (χ2v) is 9.88. The molecule has 1 saturated carbocycles. The van der Waals surface area contributed by atoms with Crippen LogP contribution in [0.2, 0.25) is 0 Å². The van der Waals surface area contributed by atoms with Gasteiger partial charge in [0, 0.05) is 29.2 Å². The molecule has 37 heavy (non-hydrogen) atoms. The number of anilines is 1. The number of benzene rings is 2. The van der Waals surface area contributed by atoms with Gasteiger partial charge >= 0.3 is 0 Å². The minimum absolute atomic E-state index is 0.0757. The lowest BCUT2D eigenvalue weighted by Gasteiger charge is -2.34. The maximum Gasteiger partial charge on any atom is 0.248 e. The first-order valence-electron chi connectivity index (χ1n) is 13.0. The Hall–Kier alpha value is -3.93. The van der Waals surface area contributed by atoms with Crippen molar-refractivity contribution >= 4 is 17.5 Å². The van der Waals surface area contributed by atoms with E-state index in [1.54, 1.807) is 12.1 Å². The Morgan fingerprint density at radius 3 is 2.59 bits per heavy atom. The molecular formula is C31H32FN3O2. The lowest BCUT2D eigenvalue weighted by Crippen LogP contribution is -2.48. The largest absolute Gasteiger partial charge is 0.361 e. The number of aromatic amines is 1. The first-order valence-corrected chi connectivity index (χ1v) is 13.0. The predicted molar refractivity (Wildman–Crippen MR) is 144 cm³/mol. The number of nitrogens with one attached hydrogen (secondary N) is 2. The number of pyridine rings is 1. The molecule has 190 valence electrons. The monoisotopic (exact) mass is 497 g/mol. The molecule has 0 aromatic heterocycles. The van der Waals surface area contributed by atoms with Gasteiger partial charge < -0.3 is 10.3 Å². The molecule has 3 aliphatic rings. The maximum atomic E-state index is 14.5. The SMILES string of the molecule is Cc1ccccc1C(C(=O)NC1CCCCC1)N(C(=O)Cc1ccc2[nH]cccc1-2)c1cccc(F)c1. The molecule has 2 amide bonds. The van der Waals surface area contributed by atoms with Crippen LogP contribution in [0, 0.1) is 12.7 Å². The summed E-state index contributed by atoms with van der Waals surface area (Å²) in [6, 6.07) is 20.4. The van der Waals surface area contributed by atoms with Crippen LogP contribution in [0.15, 0.2) is 79.0 Å². The van der Waals surface area contributed by atoms with E-state index in [2.05, 4.69) is 10.3 Å². The van der Waals surface area contributed by atoms with Gasteiger partial charge in [0.1, 0.15) is 11.9 Å². The maximum absolute atomic E-state index is 14.5. The first-order chi connectivity index (χ1) is 18.0. The summed E-state index contributed by atoms with van der Waals surface area (Å²) in [6.07, 6.45) is 7.10. The Kier molecular flexibility index (Phi) is 7.35. The number of H-pyrrole nitrogens is 1. The van der Waals surface area contributed by atoms with Crippen LogP contribution in [-0.2, 0) is 16.0 Å². The van der Waals surface area contributed by atoms with Gasteiger partial charge in [-0.3, -0.25) is 14.5 Å². The van der Waals surface area contributed by atoms with Crippen molar-refractivity contribution in [3.05, 3.63) is 102 Å². The van der Waals surface area contributed by atoms with Gasteiger partial charge in [-0.2, -0.15) is 0 Å². The molecule has 0 spiro atoms. The summed E-state index contributed by atoms with van der Waals surface area (Å²) >= 11 is 0. The van der Waals surface area contributed by atoms with Crippen molar-refractivity contribution in [2.75, 3.05) is 4.90 Å². The smallest absolute Gasteiger partial charge is 0.248 e. The van der Waals surface area contributed by atoms with E-state index in [0.29, 0.717) is 5.69 Å². The van der Waals surface area contributed by atoms with E-state index in [4.69, 9.17) is 0 Å². The highest BCUT2D eigenvalue weighted by molar-refractivity contribution is 6.03. The minimum Gasteiger partial charge on any atom is -0.361 e. The van der Waals surface area contributed by atoms with Crippen molar-refractivity contribution in [2.45, 2.75) is 57.5 Å². The number of hydrogen-bond acceptors (Lipinski definition) is 2. The van der Waals surface area contributed by atoms with Gasteiger partial charge in [0.15, 0.2) is 0 Å². The van der Waals surface area contributed by atoms with Crippen molar-refractivity contribution in [2.24, 2.45) is 0 Å². The Morgan fingerprint density at radius 2 is 1.81 bits per heavy atom. The number of amides is 2. The normalized spacial score (nSPS) is 14.9. The molecule has 2 aliphatic carbocycles. The average Bonchev–Trinajstić information content (AvgIpc) is 3.31. The molecule has 5 rings (SSSR count). The second kappa shape index (κ2) is 11.0. The van der Waals surface area contributed by atoms with E-state index in [1.165, 1.54) is 23.5 Å². The van der Waals surface area contributed by atoms with Crippen LogP contribution in [0.1, 0.15) is 54.8 Å². The average molecular weight is 498 g/mol. The van der Waals surface area contributed by atoms with Gasteiger partial charge in [-0.05, 0) is 66.8 Å². The number of carbonyl (C=O) groups excluding carboxylic acids is 2. The summed E-state index contributed by atoms with van der Waals surface area (Å²) in [6.45, 7) is 1.94. The van der Waals surface area contributed by atoms with Gasteiger partial charge in [0.05, 0.1) is 6.42 Å². The molecular weight excluding hydrogens is 465 g/mol. The van der Waals surface area contributed by atoms with Crippen LogP contribution >= 0.6 is 0 Å². The second-order valence-electron chi connectivity index (χ2n) is 9.88. The molecule has 5 nitrogen and oxygen atoms in total. The van der Waals surface area contributed by atoms with Crippen LogP contribution in [-0.4, -0.2) is 22.8 Å². The summed E-state index contributed by atoms with van der Waals surface area (Å²) in [5.41, 5.74) is 4.74. The highest BCUT2D eigenvalue weighted by Crippen LogP contribution is 2.33. The number of fused-ring (bicyclic) bond motifs is 1. The van der Waals surface area contributed by atoms with Gasteiger partial charge in [-0.1, -0.05) is 61.7 Å². The van der Waals surface area contributed by atoms with E-state index < -0.39 is 11.9 Å². The third-order valence-electron chi connectivity index (χ3n) is 7.32. The number of nitrogens with zero attached hydrogens (tertiary/aromatic N) is 1. The Balaban J connectivity index is 1.57. The highest BCUT2D eigenvalue weighted by Gasteiger charge is 2.35. The zero-order valence-corrected chi connectivity index (χ0v) is 21.0. The molecule has 1 fully saturated rings. The molecule has 0 bridgehead atoms. The van der Waals surface area contributed by atoms with Crippen molar-refractivity contribution in [1.29, 1.82) is 0 Å². The molecule has 1 heterocycles. The number of hydrogen-bond donors (Lipinski definition) is 2. The van der Waals surface area contributed by atoms with E-state index in [1.807, 2.05) is 61.7 Å². The third kappa shape index (κ3) is 5.43. The number of halogens is 1. The summed E-state index contributed by atoms with van der Waals surface area (Å²) in [7, 11) is 0. The van der Waals surface area contributed by atoms with Gasteiger partial charge in [-0.25, -0.2) is 4.39 Å². The number of aromatic nitrogens is 1. The van der Waals surface area contributed by atoms with Crippen molar-refractivity contribution in [1.82, 2.24) is 10.3 Å². The first kappa shape index (κ1) is 24.8. The Morgan fingerprint density at radius 1 is 1.00 bits per heavy atom. The Labute approximate surface area is 217 Å². The molecule has 1 atom stereocenters. The van der Waals surface area contributed by atoms with Crippen molar-refractivity contribution in [3.63, 3.8) is 0 Å². The predicted octanol–water partition coefficient (Wildman–Crippen LogP) is 6.33. The fourth-order valence-electron chi connectivity index (χ4n) is 5.42. The quantitative estimate of drug-likeness (QED) is 0.313. The van der Waals surface area contributed by atoms with E-state index in [0.717, 1.165) is 53.6 Å². The van der Waals surface area contributed by atoms with Gasteiger partial charge in [0.2, 0.25) is 11.8 Å². The van der Waals surface area contributed by atoms with E-state index in [-0.39, 0.29) is 24.3 Å². The fraction of sp³-hybridized carbons (Fsp3) is 0.290. The number of aryl methyl sites for hydroxylation is 1. The van der Waals surface area contributed by atoms with Crippen LogP contribution < -0.4 is 10.2 Å². The molecule has 0 saturated heterocycles. The van der Waals surface area contributed by atoms with Crippen molar-refractivity contribution in [3.8, 4) is 11.3 Å². The lowest BCUT2D eigenvalue weighted by atomic mass is 9.93. The number of carbonyl (C=O) groups is 2. The lowest BCUT2D eigenvalue weighted by molar-refractivity contribution is -0.127. The van der Waals surface area contributed by atoms with E-state index >= 15 is 0 Å². The van der Waals surface area contributed by atoms with Gasteiger partial charge in [0.25, 0.3) is 0 Å². The molecule has 2 aromatic rings. The number of rotatable bonds is 7. The molecule has 0 radical (unpaired) electrons. The molecule has 6 heteroatoms. The van der Waals surface area contributed by atoms with E-state index in [9.17, 15) is 14.0 Å². The van der Waals surface area contributed by atoms with Crippen molar-refractivity contribution < 1.29 is 14.0 Å². The van der Waals surface area contributed by atoms with Crippen LogP contribution in [0.4, 0.5) is 10.1 Å². The zero-order valence-electron chi connectivity index (χ0n) is 21.0. The highest BCUT2D eigenvalue weighted by atomic mass is 19.1. The fourth-order valence-corrected chi connectivity index (χ4v) is 5.42. The zero-order chi connectivity index (χ0) is 25.8. The molecule has 1 aliphatic heterocycles. The summed E-state index contributed by atoms with van der Waals surface area (Å²) < 4.78 is 14.5. The van der Waals surface area contributed by atoms with Crippen LogP contribution in [0.5, 0.6) is 0 Å². The standard InChI is InChI=1S/C31H32FN3O2/c1-21-9-5-6-14-26(21)30(31(37)34-24-11-3-2-4-12-24)35(25-13-7-10-23(32)20-25)29(36)19-22-16-17-28-27(22)15-8-18-33-28/h5-10,13-18,20,24,30,33H,2-4,11-12,19H2,1H3,(H,34,37). The van der Waals surface area contributed by atoms with Gasteiger partial charge in [-0.15, -0.1) is 0 Å². The molecule has 1 unspecified atom stereocenters. The van der Waals surface area contributed by atoms with Crippen LogP contribution in [0.3, 0.4) is 0 Å². The minimum atomic E-state index is -0.926. The topological polar surface area (TPSA) is 65.2 Å². The molecule has 2 N–H and O–H groups in total.